The van der Waals surface area contributed by atoms with Crippen LogP contribution in [-0.2, 0) is 4.74 Å². The summed E-state index contributed by atoms with van der Waals surface area (Å²) in [4.78, 5) is 0. The predicted molar refractivity (Wildman–Crippen MR) is 63.6 cm³/mol. The molecule has 1 heterocycles. The van der Waals surface area contributed by atoms with Crippen molar-refractivity contribution >= 4 is 0 Å². The van der Waals surface area contributed by atoms with Crippen LogP contribution in [0.3, 0.4) is 0 Å². The number of hydrogen-bond acceptors (Lipinski definition) is 3. The molecule has 90 valence electrons. The van der Waals surface area contributed by atoms with Gasteiger partial charge in [0, 0.05) is 26.2 Å². The average molecular weight is 214 g/mol. The molecule has 3 heteroatoms. The lowest BCUT2D eigenvalue weighted by molar-refractivity contribution is 0.0969. The maximum Gasteiger partial charge on any atom is 0.0603 e. The minimum Gasteiger partial charge on any atom is -0.383 e. The summed E-state index contributed by atoms with van der Waals surface area (Å²) in [5.41, 5.74) is 3.51. The monoisotopic (exact) mass is 214 g/mol. The van der Waals surface area contributed by atoms with Gasteiger partial charge in [-0.3, -0.25) is 5.43 Å². The summed E-state index contributed by atoms with van der Waals surface area (Å²) in [5, 5.41) is 2.39. The van der Waals surface area contributed by atoms with Gasteiger partial charge in [0.2, 0.25) is 0 Å². The molecule has 1 aliphatic heterocycles. The summed E-state index contributed by atoms with van der Waals surface area (Å²) in [6.07, 6.45) is 2.55. The standard InChI is InChI=1S/C12H26N2O/c1-5-6-12-11(10(2)3)9-13-14(12)7-8-15-4/h10-13H,5-9H2,1-4H3. The molecule has 1 N–H and O–H groups in total. The molecule has 0 bridgehead atoms. The van der Waals surface area contributed by atoms with Gasteiger partial charge in [-0.05, 0) is 18.3 Å². The van der Waals surface area contributed by atoms with Gasteiger partial charge in [-0.25, -0.2) is 5.01 Å². The van der Waals surface area contributed by atoms with E-state index in [4.69, 9.17) is 4.74 Å². The van der Waals surface area contributed by atoms with E-state index in [1.807, 2.05) is 0 Å². The van der Waals surface area contributed by atoms with Crippen molar-refractivity contribution in [3.05, 3.63) is 0 Å². The molecule has 15 heavy (non-hydrogen) atoms. The molecule has 2 atom stereocenters. The van der Waals surface area contributed by atoms with Crippen molar-refractivity contribution in [2.75, 3.05) is 26.8 Å². The van der Waals surface area contributed by atoms with E-state index in [-0.39, 0.29) is 0 Å². The van der Waals surface area contributed by atoms with Gasteiger partial charge in [0.25, 0.3) is 0 Å². The third kappa shape index (κ3) is 3.44. The zero-order chi connectivity index (χ0) is 11.3. The molecule has 0 saturated carbocycles. The van der Waals surface area contributed by atoms with E-state index in [1.165, 1.54) is 12.8 Å². The van der Waals surface area contributed by atoms with Gasteiger partial charge in [-0.1, -0.05) is 27.2 Å². The van der Waals surface area contributed by atoms with Crippen LogP contribution in [0.25, 0.3) is 0 Å². The molecule has 1 fully saturated rings. The van der Waals surface area contributed by atoms with Crippen LogP contribution < -0.4 is 5.43 Å². The van der Waals surface area contributed by atoms with Crippen LogP contribution in [0.5, 0.6) is 0 Å². The van der Waals surface area contributed by atoms with Crippen molar-refractivity contribution < 1.29 is 4.74 Å². The van der Waals surface area contributed by atoms with Gasteiger partial charge in [-0.2, -0.15) is 0 Å². The molecule has 2 unspecified atom stereocenters. The molecule has 0 radical (unpaired) electrons. The second-order valence-corrected chi connectivity index (χ2v) is 4.81. The smallest absolute Gasteiger partial charge is 0.0603 e. The molecule has 0 aliphatic carbocycles. The van der Waals surface area contributed by atoms with Crippen molar-refractivity contribution in [1.29, 1.82) is 0 Å². The second kappa shape index (κ2) is 6.46. The highest BCUT2D eigenvalue weighted by atomic mass is 16.5. The maximum atomic E-state index is 5.14. The summed E-state index contributed by atoms with van der Waals surface area (Å²) >= 11 is 0. The third-order valence-electron chi connectivity index (χ3n) is 3.40. The largest absolute Gasteiger partial charge is 0.383 e. The van der Waals surface area contributed by atoms with Crippen LogP contribution in [0.15, 0.2) is 0 Å². The summed E-state index contributed by atoms with van der Waals surface area (Å²) in [7, 11) is 1.77. The van der Waals surface area contributed by atoms with Gasteiger partial charge in [0.05, 0.1) is 6.61 Å². The molecule has 0 aromatic carbocycles. The van der Waals surface area contributed by atoms with E-state index in [9.17, 15) is 0 Å². The number of ether oxygens (including phenoxy) is 1. The SMILES string of the molecule is CCCC1C(C(C)C)CNN1CCOC. The fourth-order valence-corrected chi connectivity index (χ4v) is 2.49. The second-order valence-electron chi connectivity index (χ2n) is 4.81. The molecule has 0 amide bonds. The third-order valence-corrected chi connectivity index (χ3v) is 3.40. The Balaban J connectivity index is 2.49. The summed E-state index contributed by atoms with van der Waals surface area (Å²) in [6.45, 7) is 9.88. The number of nitrogens with one attached hydrogen (secondary N) is 1. The Morgan fingerprint density at radius 2 is 2.20 bits per heavy atom. The first-order valence-corrected chi connectivity index (χ1v) is 6.19. The summed E-state index contributed by atoms with van der Waals surface area (Å²) < 4.78 is 5.14. The van der Waals surface area contributed by atoms with Crippen molar-refractivity contribution in [3.8, 4) is 0 Å². The summed E-state index contributed by atoms with van der Waals surface area (Å²) in [5.74, 6) is 1.56. The Morgan fingerprint density at radius 3 is 2.73 bits per heavy atom. The van der Waals surface area contributed by atoms with Crippen LogP contribution >= 0.6 is 0 Å². The zero-order valence-corrected chi connectivity index (χ0v) is 10.6. The van der Waals surface area contributed by atoms with Crippen LogP contribution in [0.1, 0.15) is 33.6 Å². The number of methoxy groups -OCH3 is 1. The van der Waals surface area contributed by atoms with Gasteiger partial charge < -0.3 is 4.74 Å². The fraction of sp³-hybridized carbons (Fsp3) is 1.00. The molecular weight excluding hydrogens is 188 g/mol. The van der Waals surface area contributed by atoms with Gasteiger partial charge in [-0.15, -0.1) is 0 Å². The highest BCUT2D eigenvalue weighted by Crippen LogP contribution is 2.26. The fourth-order valence-electron chi connectivity index (χ4n) is 2.49. The molecule has 0 aromatic heterocycles. The molecule has 0 aromatic rings. The Kier molecular flexibility index (Phi) is 5.58. The molecule has 1 aliphatic rings. The van der Waals surface area contributed by atoms with E-state index in [2.05, 4.69) is 31.2 Å². The Labute approximate surface area is 94.1 Å². The minimum atomic E-state index is 0.699. The lowest BCUT2D eigenvalue weighted by Crippen LogP contribution is -2.41. The number of hydrogen-bond donors (Lipinski definition) is 1. The molecule has 1 saturated heterocycles. The maximum absolute atomic E-state index is 5.14. The highest BCUT2D eigenvalue weighted by Gasteiger charge is 2.34. The van der Waals surface area contributed by atoms with E-state index >= 15 is 0 Å². The minimum absolute atomic E-state index is 0.699. The van der Waals surface area contributed by atoms with Gasteiger partial charge in [0.15, 0.2) is 0 Å². The average Bonchev–Trinajstić information content (AvgIpc) is 2.59. The van der Waals surface area contributed by atoms with Crippen molar-refractivity contribution in [2.45, 2.75) is 39.7 Å². The number of rotatable bonds is 6. The first-order valence-electron chi connectivity index (χ1n) is 6.19. The van der Waals surface area contributed by atoms with Gasteiger partial charge in [0.1, 0.15) is 0 Å². The van der Waals surface area contributed by atoms with Crippen molar-refractivity contribution in [3.63, 3.8) is 0 Å². The normalized spacial score (nSPS) is 27.8. The number of hydrazine groups is 1. The predicted octanol–water partition coefficient (Wildman–Crippen LogP) is 1.89. The molecule has 0 spiro atoms. The first-order chi connectivity index (χ1) is 7.20. The van der Waals surface area contributed by atoms with E-state index < -0.39 is 0 Å². The Bertz CT molecular complexity index is 173. The molecule has 3 nitrogen and oxygen atoms in total. The topological polar surface area (TPSA) is 24.5 Å². The van der Waals surface area contributed by atoms with Crippen LogP contribution in [0.4, 0.5) is 0 Å². The van der Waals surface area contributed by atoms with E-state index in [1.54, 1.807) is 7.11 Å². The van der Waals surface area contributed by atoms with Crippen LogP contribution in [0.2, 0.25) is 0 Å². The van der Waals surface area contributed by atoms with Gasteiger partial charge >= 0.3 is 0 Å². The van der Waals surface area contributed by atoms with Crippen molar-refractivity contribution in [2.24, 2.45) is 11.8 Å². The van der Waals surface area contributed by atoms with E-state index in [0.29, 0.717) is 6.04 Å². The summed E-state index contributed by atoms with van der Waals surface area (Å²) in [6, 6.07) is 0.699. The Hall–Kier alpha value is -0.120. The van der Waals surface area contributed by atoms with Crippen LogP contribution in [-0.4, -0.2) is 37.9 Å². The van der Waals surface area contributed by atoms with Crippen LogP contribution in [0, 0.1) is 11.8 Å². The van der Waals surface area contributed by atoms with E-state index in [0.717, 1.165) is 31.5 Å². The van der Waals surface area contributed by atoms with Crippen molar-refractivity contribution in [1.82, 2.24) is 10.4 Å². The zero-order valence-electron chi connectivity index (χ0n) is 10.6. The first kappa shape index (κ1) is 12.9. The molecule has 1 rings (SSSR count). The number of nitrogens with zero attached hydrogens (tertiary/aromatic N) is 1. The molecular formula is C12H26N2O. The lowest BCUT2D eigenvalue weighted by atomic mass is 9.87. The quantitative estimate of drug-likeness (QED) is 0.731. The highest BCUT2D eigenvalue weighted by molar-refractivity contribution is 4.86. The lowest BCUT2D eigenvalue weighted by Gasteiger charge is -2.28. The Morgan fingerprint density at radius 1 is 1.47 bits per heavy atom.